The number of aryl methyl sites for hydroxylation is 1. The summed E-state index contributed by atoms with van der Waals surface area (Å²) in [6, 6.07) is 6.55. The van der Waals surface area contributed by atoms with E-state index in [1.54, 1.807) is 25.3 Å². The summed E-state index contributed by atoms with van der Waals surface area (Å²) in [7, 11) is 1.61. The normalized spacial score (nSPS) is 11.9. The first-order chi connectivity index (χ1) is 10.0. The average molecular weight is 294 g/mol. The standard InChI is InChI=1S/C15H22N2O4/c1-21-9-3-6-13(16)15(20)17-12-5-2-4-11(10-12)7-8-14(18)19/h2,4-5,10,13H,3,6-9,16H2,1H3,(H,17,20)(H,18,19). The van der Waals surface area contributed by atoms with Gasteiger partial charge in [0.05, 0.1) is 6.04 Å². The fourth-order valence-corrected chi connectivity index (χ4v) is 1.87. The van der Waals surface area contributed by atoms with Gasteiger partial charge in [0.1, 0.15) is 0 Å². The van der Waals surface area contributed by atoms with Gasteiger partial charge in [0.25, 0.3) is 0 Å². The van der Waals surface area contributed by atoms with Gasteiger partial charge in [0, 0.05) is 25.8 Å². The maximum Gasteiger partial charge on any atom is 0.303 e. The van der Waals surface area contributed by atoms with Crippen molar-refractivity contribution in [2.75, 3.05) is 19.0 Å². The van der Waals surface area contributed by atoms with Crippen molar-refractivity contribution in [2.24, 2.45) is 5.73 Å². The molecule has 116 valence electrons. The molecule has 0 saturated heterocycles. The van der Waals surface area contributed by atoms with Crippen LogP contribution in [0.15, 0.2) is 24.3 Å². The average Bonchev–Trinajstić information content (AvgIpc) is 2.45. The third-order valence-electron chi connectivity index (χ3n) is 3.02. The van der Waals surface area contributed by atoms with Gasteiger partial charge in [-0.05, 0) is 37.0 Å². The molecule has 1 amide bonds. The Morgan fingerprint density at radius 2 is 2.19 bits per heavy atom. The lowest BCUT2D eigenvalue weighted by molar-refractivity contribution is -0.137. The molecule has 1 aromatic carbocycles. The minimum absolute atomic E-state index is 0.0634. The molecule has 0 aliphatic heterocycles. The predicted molar refractivity (Wildman–Crippen MR) is 80.1 cm³/mol. The monoisotopic (exact) mass is 294 g/mol. The van der Waals surface area contributed by atoms with E-state index in [9.17, 15) is 9.59 Å². The van der Waals surface area contributed by atoms with Crippen LogP contribution in [0, 0.1) is 0 Å². The van der Waals surface area contributed by atoms with E-state index in [-0.39, 0.29) is 12.3 Å². The fraction of sp³-hybridized carbons (Fsp3) is 0.467. The highest BCUT2D eigenvalue weighted by Crippen LogP contribution is 2.13. The van der Waals surface area contributed by atoms with Crippen LogP contribution in [-0.4, -0.2) is 36.7 Å². The number of carbonyl (C=O) groups excluding carboxylic acids is 1. The van der Waals surface area contributed by atoms with E-state index in [1.807, 2.05) is 6.07 Å². The van der Waals surface area contributed by atoms with Crippen LogP contribution >= 0.6 is 0 Å². The molecule has 0 aromatic heterocycles. The molecule has 0 bridgehead atoms. The van der Waals surface area contributed by atoms with Crippen LogP contribution in [-0.2, 0) is 20.7 Å². The van der Waals surface area contributed by atoms with Gasteiger partial charge in [-0.15, -0.1) is 0 Å². The van der Waals surface area contributed by atoms with E-state index >= 15 is 0 Å². The first-order valence-corrected chi connectivity index (χ1v) is 6.89. The second kappa shape index (κ2) is 9.10. The van der Waals surface area contributed by atoms with E-state index in [0.717, 1.165) is 12.0 Å². The summed E-state index contributed by atoms with van der Waals surface area (Å²) in [4.78, 5) is 22.5. The van der Waals surface area contributed by atoms with Crippen molar-refractivity contribution in [3.63, 3.8) is 0 Å². The van der Waals surface area contributed by atoms with Crippen LogP contribution in [0.25, 0.3) is 0 Å². The largest absolute Gasteiger partial charge is 0.481 e. The molecule has 0 fully saturated rings. The van der Waals surface area contributed by atoms with E-state index in [0.29, 0.717) is 25.1 Å². The van der Waals surface area contributed by atoms with Gasteiger partial charge in [0.2, 0.25) is 5.91 Å². The number of hydrogen-bond donors (Lipinski definition) is 3. The zero-order valence-corrected chi connectivity index (χ0v) is 12.2. The highest BCUT2D eigenvalue weighted by molar-refractivity contribution is 5.94. The van der Waals surface area contributed by atoms with Gasteiger partial charge >= 0.3 is 5.97 Å². The Kier molecular flexibility index (Phi) is 7.42. The second-order valence-corrected chi connectivity index (χ2v) is 4.82. The third kappa shape index (κ3) is 6.87. The highest BCUT2D eigenvalue weighted by Gasteiger charge is 2.13. The van der Waals surface area contributed by atoms with Crippen molar-refractivity contribution >= 4 is 17.6 Å². The van der Waals surface area contributed by atoms with Crippen molar-refractivity contribution in [3.8, 4) is 0 Å². The Balaban J connectivity index is 2.51. The Morgan fingerprint density at radius 3 is 2.86 bits per heavy atom. The molecule has 1 aromatic rings. The number of amides is 1. The summed E-state index contributed by atoms with van der Waals surface area (Å²) in [5.41, 5.74) is 7.29. The number of nitrogens with two attached hydrogens (primary N) is 1. The second-order valence-electron chi connectivity index (χ2n) is 4.82. The molecule has 1 unspecified atom stereocenters. The van der Waals surface area contributed by atoms with E-state index in [2.05, 4.69) is 5.32 Å². The van der Waals surface area contributed by atoms with Gasteiger partial charge in [0.15, 0.2) is 0 Å². The summed E-state index contributed by atoms with van der Waals surface area (Å²) < 4.78 is 4.92. The number of nitrogens with one attached hydrogen (secondary N) is 1. The van der Waals surface area contributed by atoms with Crippen LogP contribution in [0.1, 0.15) is 24.8 Å². The van der Waals surface area contributed by atoms with E-state index < -0.39 is 12.0 Å². The Morgan fingerprint density at radius 1 is 1.43 bits per heavy atom. The van der Waals surface area contributed by atoms with Crippen LogP contribution in [0.4, 0.5) is 5.69 Å². The Hall–Kier alpha value is -1.92. The number of benzene rings is 1. The third-order valence-corrected chi connectivity index (χ3v) is 3.02. The van der Waals surface area contributed by atoms with Crippen LogP contribution in [0.5, 0.6) is 0 Å². The first kappa shape index (κ1) is 17.1. The number of carboxylic acid groups (broad SMARTS) is 1. The Labute approximate surface area is 124 Å². The van der Waals surface area contributed by atoms with Crippen molar-refractivity contribution in [1.82, 2.24) is 0 Å². The summed E-state index contributed by atoms with van der Waals surface area (Å²) in [6.45, 7) is 0.575. The van der Waals surface area contributed by atoms with E-state index in [1.165, 1.54) is 0 Å². The molecule has 0 aliphatic carbocycles. The minimum Gasteiger partial charge on any atom is -0.481 e. The molecule has 1 atom stereocenters. The summed E-state index contributed by atoms with van der Waals surface area (Å²) in [5, 5.41) is 11.4. The summed E-state index contributed by atoms with van der Waals surface area (Å²) in [5.74, 6) is -1.09. The van der Waals surface area contributed by atoms with E-state index in [4.69, 9.17) is 15.6 Å². The SMILES string of the molecule is COCCCC(N)C(=O)Nc1cccc(CCC(=O)O)c1. The number of rotatable bonds is 9. The number of hydrogen-bond acceptors (Lipinski definition) is 4. The van der Waals surface area contributed by atoms with Crippen molar-refractivity contribution in [2.45, 2.75) is 31.7 Å². The van der Waals surface area contributed by atoms with Gasteiger partial charge in [-0.3, -0.25) is 9.59 Å². The van der Waals surface area contributed by atoms with Crippen LogP contribution in [0.2, 0.25) is 0 Å². The number of carboxylic acids is 1. The van der Waals surface area contributed by atoms with Crippen LogP contribution < -0.4 is 11.1 Å². The van der Waals surface area contributed by atoms with Gasteiger partial charge in [-0.1, -0.05) is 12.1 Å². The number of aliphatic carboxylic acids is 1. The molecule has 1 rings (SSSR count). The molecule has 0 heterocycles. The molecular formula is C15H22N2O4. The highest BCUT2D eigenvalue weighted by atomic mass is 16.5. The predicted octanol–water partition coefficient (Wildman–Crippen LogP) is 1.40. The molecule has 6 heteroatoms. The topological polar surface area (TPSA) is 102 Å². The van der Waals surface area contributed by atoms with Crippen molar-refractivity contribution in [3.05, 3.63) is 29.8 Å². The lowest BCUT2D eigenvalue weighted by Crippen LogP contribution is -2.35. The maximum absolute atomic E-state index is 11.9. The molecule has 4 N–H and O–H groups in total. The molecule has 0 spiro atoms. The first-order valence-electron chi connectivity index (χ1n) is 6.89. The Bertz CT molecular complexity index is 476. The van der Waals surface area contributed by atoms with Crippen molar-refractivity contribution in [1.29, 1.82) is 0 Å². The quantitative estimate of drug-likeness (QED) is 0.597. The fourth-order valence-electron chi connectivity index (χ4n) is 1.87. The van der Waals surface area contributed by atoms with Gasteiger partial charge in [-0.2, -0.15) is 0 Å². The lowest BCUT2D eigenvalue weighted by atomic mass is 10.1. The summed E-state index contributed by atoms with van der Waals surface area (Å²) >= 11 is 0. The number of methoxy groups -OCH3 is 1. The molecular weight excluding hydrogens is 272 g/mol. The lowest BCUT2D eigenvalue weighted by Gasteiger charge is -2.12. The maximum atomic E-state index is 11.9. The molecule has 21 heavy (non-hydrogen) atoms. The number of ether oxygens (including phenoxy) is 1. The van der Waals surface area contributed by atoms with Gasteiger partial charge in [-0.25, -0.2) is 0 Å². The number of anilines is 1. The smallest absolute Gasteiger partial charge is 0.303 e. The summed E-state index contributed by atoms with van der Waals surface area (Å²) in [6.07, 6.45) is 1.77. The molecule has 0 radical (unpaired) electrons. The van der Waals surface area contributed by atoms with Gasteiger partial charge < -0.3 is 20.9 Å². The number of carbonyl (C=O) groups is 2. The minimum atomic E-state index is -0.843. The van der Waals surface area contributed by atoms with Crippen molar-refractivity contribution < 1.29 is 19.4 Å². The molecule has 0 aliphatic rings. The van der Waals surface area contributed by atoms with Crippen LogP contribution in [0.3, 0.4) is 0 Å². The molecule has 6 nitrogen and oxygen atoms in total. The zero-order valence-electron chi connectivity index (χ0n) is 12.2. The molecule has 0 saturated carbocycles. The zero-order chi connectivity index (χ0) is 15.7.